The van der Waals surface area contributed by atoms with Gasteiger partial charge in [-0.1, -0.05) is 44.2 Å². The third kappa shape index (κ3) is 5.28. The molecule has 2 aromatic heterocycles. The van der Waals surface area contributed by atoms with E-state index in [1.807, 2.05) is 24.3 Å². The minimum absolute atomic E-state index is 0.241. The van der Waals surface area contributed by atoms with Crippen molar-refractivity contribution in [1.29, 1.82) is 0 Å². The molecular formula is C26H29N3OS. The number of aryl methyl sites for hydroxylation is 2. The van der Waals surface area contributed by atoms with Gasteiger partial charge in [0.25, 0.3) is 0 Å². The molecule has 0 aliphatic carbocycles. The zero-order valence-corrected chi connectivity index (χ0v) is 19.5. The van der Waals surface area contributed by atoms with Crippen LogP contribution in [0.5, 0.6) is 5.88 Å². The number of fused-ring (bicyclic) bond motifs is 1. The predicted octanol–water partition coefficient (Wildman–Crippen LogP) is 6.66. The van der Waals surface area contributed by atoms with Crippen LogP contribution in [0.15, 0.2) is 53.9 Å². The van der Waals surface area contributed by atoms with Crippen molar-refractivity contribution in [2.75, 3.05) is 7.11 Å². The van der Waals surface area contributed by atoms with E-state index in [4.69, 9.17) is 9.72 Å². The number of benzene rings is 2. The van der Waals surface area contributed by atoms with Crippen LogP contribution in [0.4, 0.5) is 0 Å². The van der Waals surface area contributed by atoms with Gasteiger partial charge in [-0.2, -0.15) is 0 Å². The number of nitrogens with zero attached hydrogens (tertiary/aromatic N) is 3. The number of rotatable bonds is 8. The monoisotopic (exact) mass is 431 g/mol. The van der Waals surface area contributed by atoms with E-state index in [2.05, 4.69) is 60.4 Å². The van der Waals surface area contributed by atoms with Gasteiger partial charge in [0.2, 0.25) is 5.88 Å². The van der Waals surface area contributed by atoms with Crippen LogP contribution in [0.2, 0.25) is 0 Å². The van der Waals surface area contributed by atoms with Crippen LogP contribution >= 0.6 is 11.3 Å². The number of hydrogen-bond donors (Lipinski definition) is 0. The van der Waals surface area contributed by atoms with E-state index >= 15 is 0 Å². The first-order valence-electron chi connectivity index (χ1n) is 10.7. The summed E-state index contributed by atoms with van der Waals surface area (Å²) < 4.78 is 5.55. The summed E-state index contributed by atoms with van der Waals surface area (Å²) in [5.74, 6) is 0.565. The molecule has 0 fully saturated rings. The minimum atomic E-state index is 0.241. The highest BCUT2D eigenvalue weighted by Crippen LogP contribution is 2.31. The number of hydrogen-bond acceptors (Lipinski definition) is 5. The Balaban J connectivity index is 1.47. The molecule has 0 aliphatic rings. The van der Waals surface area contributed by atoms with E-state index in [-0.39, 0.29) is 5.41 Å². The minimum Gasteiger partial charge on any atom is -0.479 e. The summed E-state index contributed by atoms with van der Waals surface area (Å²) in [6.45, 7) is 6.75. The van der Waals surface area contributed by atoms with Gasteiger partial charge in [-0.3, -0.25) is 0 Å². The number of thiazole rings is 1. The predicted molar refractivity (Wildman–Crippen MR) is 129 cm³/mol. The molecule has 4 rings (SSSR count). The summed E-state index contributed by atoms with van der Waals surface area (Å²) in [5.41, 5.74) is 6.34. The summed E-state index contributed by atoms with van der Waals surface area (Å²) >= 11 is 1.74. The SMILES string of the molecule is COc1nc2ccccc2nc1-c1cccc(CCCC(C)(C)Cc2csc(C)n2)c1. The summed E-state index contributed by atoms with van der Waals surface area (Å²) in [5, 5.41) is 3.34. The second kappa shape index (κ2) is 9.15. The normalized spacial score (nSPS) is 11.7. The van der Waals surface area contributed by atoms with Crippen molar-refractivity contribution in [1.82, 2.24) is 15.0 Å². The van der Waals surface area contributed by atoms with Crippen molar-refractivity contribution in [2.24, 2.45) is 5.41 Å². The fraction of sp³-hybridized carbons (Fsp3) is 0.346. The maximum atomic E-state index is 5.55. The Labute approximate surface area is 188 Å². The Hall–Kier alpha value is -2.79. The smallest absolute Gasteiger partial charge is 0.240 e. The second-order valence-corrected chi connectivity index (χ2v) is 9.89. The Bertz CT molecular complexity index is 1180. The van der Waals surface area contributed by atoms with Crippen LogP contribution in [0.1, 0.15) is 43.0 Å². The van der Waals surface area contributed by atoms with Crippen molar-refractivity contribution in [3.05, 3.63) is 70.2 Å². The van der Waals surface area contributed by atoms with Crippen LogP contribution in [-0.4, -0.2) is 22.1 Å². The molecule has 160 valence electrons. The molecule has 0 unspecified atom stereocenters. The molecule has 0 radical (unpaired) electrons. The van der Waals surface area contributed by atoms with E-state index in [9.17, 15) is 0 Å². The summed E-state index contributed by atoms with van der Waals surface area (Å²) in [4.78, 5) is 14.1. The van der Waals surface area contributed by atoms with Crippen LogP contribution in [-0.2, 0) is 12.8 Å². The van der Waals surface area contributed by atoms with Gasteiger partial charge in [-0.05, 0) is 61.8 Å². The van der Waals surface area contributed by atoms with E-state index in [0.29, 0.717) is 5.88 Å². The van der Waals surface area contributed by atoms with Gasteiger partial charge < -0.3 is 4.74 Å². The molecule has 4 nitrogen and oxygen atoms in total. The fourth-order valence-corrected chi connectivity index (χ4v) is 4.64. The molecule has 0 amide bonds. The zero-order chi connectivity index (χ0) is 21.8. The van der Waals surface area contributed by atoms with E-state index in [1.54, 1.807) is 18.4 Å². The molecule has 0 saturated carbocycles. The highest BCUT2D eigenvalue weighted by molar-refractivity contribution is 7.09. The second-order valence-electron chi connectivity index (χ2n) is 8.82. The van der Waals surface area contributed by atoms with Gasteiger partial charge in [0.15, 0.2) is 0 Å². The third-order valence-corrected chi connectivity index (χ3v) is 6.40. The van der Waals surface area contributed by atoms with Gasteiger partial charge in [-0.25, -0.2) is 15.0 Å². The molecule has 31 heavy (non-hydrogen) atoms. The lowest BCUT2D eigenvalue weighted by Crippen LogP contribution is -2.15. The first-order valence-corrected chi connectivity index (χ1v) is 11.6. The number of methoxy groups -OCH3 is 1. The van der Waals surface area contributed by atoms with E-state index < -0.39 is 0 Å². The Morgan fingerprint density at radius 2 is 1.74 bits per heavy atom. The molecule has 0 aliphatic heterocycles. The first kappa shape index (κ1) is 21.4. The fourth-order valence-electron chi connectivity index (χ4n) is 4.03. The number of aromatic nitrogens is 3. The molecule has 2 aromatic carbocycles. The quantitative estimate of drug-likeness (QED) is 0.313. The molecule has 0 bridgehead atoms. The van der Waals surface area contributed by atoms with E-state index in [0.717, 1.165) is 53.0 Å². The number of para-hydroxylation sites is 2. The standard InChI is InChI=1S/C26H29N3OS/c1-18-27-21(17-31-18)16-26(2,3)14-8-10-19-9-7-11-20(15-19)24-25(30-4)29-23-13-6-5-12-22(23)28-24/h5-7,9,11-13,15,17H,8,10,14,16H2,1-4H3. The molecule has 2 heterocycles. The van der Waals surface area contributed by atoms with Crippen molar-refractivity contribution in [3.8, 4) is 17.1 Å². The van der Waals surface area contributed by atoms with Gasteiger partial charge in [-0.15, -0.1) is 11.3 Å². The average Bonchev–Trinajstić information content (AvgIpc) is 3.16. The molecule has 0 saturated heterocycles. The van der Waals surface area contributed by atoms with Crippen LogP contribution in [0.3, 0.4) is 0 Å². The topological polar surface area (TPSA) is 47.9 Å². The Morgan fingerprint density at radius 3 is 2.45 bits per heavy atom. The average molecular weight is 432 g/mol. The lowest BCUT2D eigenvalue weighted by molar-refractivity contribution is 0.320. The summed E-state index contributed by atoms with van der Waals surface area (Å²) in [6, 6.07) is 16.5. The lowest BCUT2D eigenvalue weighted by Gasteiger charge is -2.23. The molecule has 4 aromatic rings. The maximum absolute atomic E-state index is 5.55. The number of ether oxygens (including phenoxy) is 1. The molecule has 0 spiro atoms. The largest absolute Gasteiger partial charge is 0.479 e. The van der Waals surface area contributed by atoms with Gasteiger partial charge >= 0.3 is 0 Å². The summed E-state index contributed by atoms with van der Waals surface area (Å²) in [6.07, 6.45) is 4.37. The summed E-state index contributed by atoms with van der Waals surface area (Å²) in [7, 11) is 1.65. The van der Waals surface area contributed by atoms with Gasteiger partial charge in [0.1, 0.15) is 5.69 Å². The van der Waals surface area contributed by atoms with Crippen molar-refractivity contribution < 1.29 is 4.74 Å². The highest BCUT2D eigenvalue weighted by Gasteiger charge is 2.20. The van der Waals surface area contributed by atoms with Crippen LogP contribution < -0.4 is 4.74 Å². The molecule has 0 N–H and O–H groups in total. The highest BCUT2D eigenvalue weighted by atomic mass is 32.1. The van der Waals surface area contributed by atoms with Gasteiger partial charge in [0.05, 0.1) is 28.8 Å². The first-order chi connectivity index (χ1) is 14.9. The Kier molecular flexibility index (Phi) is 6.33. The van der Waals surface area contributed by atoms with Crippen LogP contribution in [0.25, 0.3) is 22.3 Å². The van der Waals surface area contributed by atoms with Gasteiger partial charge in [0, 0.05) is 10.9 Å². The lowest BCUT2D eigenvalue weighted by atomic mass is 9.82. The van der Waals surface area contributed by atoms with Crippen molar-refractivity contribution in [2.45, 2.75) is 46.5 Å². The molecular weight excluding hydrogens is 402 g/mol. The van der Waals surface area contributed by atoms with E-state index in [1.165, 1.54) is 11.3 Å². The maximum Gasteiger partial charge on any atom is 0.240 e. The van der Waals surface area contributed by atoms with Crippen molar-refractivity contribution >= 4 is 22.4 Å². The third-order valence-electron chi connectivity index (χ3n) is 5.58. The van der Waals surface area contributed by atoms with Crippen molar-refractivity contribution in [3.63, 3.8) is 0 Å². The Morgan fingerprint density at radius 1 is 0.968 bits per heavy atom. The molecule has 0 atom stereocenters. The van der Waals surface area contributed by atoms with Crippen LogP contribution in [0, 0.1) is 12.3 Å². The zero-order valence-electron chi connectivity index (χ0n) is 18.7. The molecule has 5 heteroatoms.